The van der Waals surface area contributed by atoms with Gasteiger partial charge in [-0.25, -0.2) is 14.0 Å². The molecule has 9 heteroatoms. The highest BCUT2D eigenvalue weighted by molar-refractivity contribution is 9.10. The van der Waals surface area contributed by atoms with Crippen molar-refractivity contribution in [2.45, 2.75) is 37.3 Å². The van der Waals surface area contributed by atoms with E-state index in [4.69, 9.17) is 4.78 Å². The van der Waals surface area contributed by atoms with Gasteiger partial charge in [-0.05, 0) is 54.9 Å². The van der Waals surface area contributed by atoms with Crippen LogP contribution in [-0.2, 0) is 9.73 Å². The first-order chi connectivity index (χ1) is 11.5. The van der Waals surface area contributed by atoms with Crippen LogP contribution in [0.25, 0.3) is 0 Å². The van der Waals surface area contributed by atoms with Gasteiger partial charge in [-0.2, -0.15) is 4.98 Å². The molecular formula is C16H22BrN5O2S. The number of nitrogens with zero attached hydrogens (tertiary/aromatic N) is 2. The van der Waals surface area contributed by atoms with Gasteiger partial charge in [0, 0.05) is 23.0 Å². The summed E-state index contributed by atoms with van der Waals surface area (Å²) in [5, 5.41) is 16.3. The summed E-state index contributed by atoms with van der Waals surface area (Å²) in [6.07, 6.45) is 2.98. The van der Waals surface area contributed by atoms with Gasteiger partial charge in [-0.1, -0.05) is 6.07 Å². The second-order valence-corrected chi connectivity index (χ2v) is 9.42. The summed E-state index contributed by atoms with van der Waals surface area (Å²) < 4.78 is 20.2. The molecule has 1 heterocycles. The molecule has 0 amide bonds. The Morgan fingerprint density at radius 1 is 1.40 bits per heavy atom. The second-order valence-electron chi connectivity index (χ2n) is 6.41. The molecule has 0 aliphatic carbocycles. The molecule has 136 valence electrons. The van der Waals surface area contributed by atoms with E-state index >= 15 is 0 Å². The van der Waals surface area contributed by atoms with Crippen LogP contribution in [0.15, 0.2) is 39.8 Å². The van der Waals surface area contributed by atoms with E-state index in [1.165, 1.54) is 6.26 Å². The molecule has 2 rings (SSSR count). The average Bonchev–Trinajstić information content (AvgIpc) is 2.49. The van der Waals surface area contributed by atoms with Crippen LogP contribution in [0.3, 0.4) is 0 Å². The Bertz CT molecular complexity index is 865. The van der Waals surface area contributed by atoms with Crippen LogP contribution in [0.1, 0.15) is 20.8 Å². The van der Waals surface area contributed by atoms with E-state index in [1.54, 1.807) is 44.3 Å². The number of benzene rings is 1. The topological polar surface area (TPSA) is 111 Å². The molecule has 1 aromatic carbocycles. The predicted molar refractivity (Wildman–Crippen MR) is 104 cm³/mol. The lowest BCUT2D eigenvalue weighted by Gasteiger charge is -2.27. The molecule has 0 aliphatic rings. The Kier molecular flexibility index (Phi) is 5.70. The number of anilines is 3. The van der Waals surface area contributed by atoms with E-state index in [9.17, 15) is 9.32 Å². The Balaban J connectivity index is 2.26. The molecule has 4 N–H and O–H groups in total. The van der Waals surface area contributed by atoms with Crippen LogP contribution >= 0.6 is 15.9 Å². The monoisotopic (exact) mass is 427 g/mol. The van der Waals surface area contributed by atoms with Crippen molar-refractivity contribution in [3.63, 3.8) is 0 Å². The predicted octanol–water partition coefficient (Wildman–Crippen LogP) is 3.59. The molecule has 0 bridgehead atoms. The van der Waals surface area contributed by atoms with Gasteiger partial charge in [0.25, 0.3) is 0 Å². The molecule has 0 aliphatic heterocycles. The zero-order chi connectivity index (χ0) is 18.8. The maximum Gasteiger partial charge on any atom is 0.229 e. The zero-order valence-electron chi connectivity index (χ0n) is 14.5. The van der Waals surface area contributed by atoms with Crippen LogP contribution < -0.4 is 10.6 Å². The first kappa shape index (κ1) is 19.6. The van der Waals surface area contributed by atoms with E-state index in [1.807, 2.05) is 6.92 Å². The largest absolute Gasteiger partial charge is 0.388 e. The van der Waals surface area contributed by atoms with E-state index in [-0.39, 0.29) is 6.04 Å². The van der Waals surface area contributed by atoms with Crippen LogP contribution in [0.4, 0.5) is 17.5 Å². The molecule has 7 nitrogen and oxygen atoms in total. The van der Waals surface area contributed by atoms with Crippen LogP contribution in [0.5, 0.6) is 0 Å². The van der Waals surface area contributed by atoms with Gasteiger partial charge in [0.05, 0.1) is 25.8 Å². The lowest BCUT2D eigenvalue weighted by Crippen LogP contribution is -2.39. The van der Waals surface area contributed by atoms with E-state index < -0.39 is 15.3 Å². The Morgan fingerprint density at radius 3 is 2.68 bits per heavy atom. The molecule has 0 radical (unpaired) electrons. The molecule has 25 heavy (non-hydrogen) atoms. The summed E-state index contributed by atoms with van der Waals surface area (Å²) in [4.78, 5) is 9.04. The van der Waals surface area contributed by atoms with Crippen molar-refractivity contribution in [1.82, 2.24) is 9.97 Å². The summed E-state index contributed by atoms with van der Waals surface area (Å²) in [7, 11) is -2.79. The lowest BCUT2D eigenvalue weighted by atomic mass is 10.0. The van der Waals surface area contributed by atoms with E-state index in [2.05, 4.69) is 36.5 Å². The van der Waals surface area contributed by atoms with E-state index in [0.717, 1.165) is 0 Å². The summed E-state index contributed by atoms with van der Waals surface area (Å²) in [6.45, 7) is 5.29. The lowest BCUT2D eigenvalue weighted by molar-refractivity contribution is 0.0647. The summed E-state index contributed by atoms with van der Waals surface area (Å²) in [5.74, 6) is 0.890. The molecule has 0 fully saturated rings. The van der Waals surface area contributed by atoms with Crippen LogP contribution in [0.2, 0.25) is 0 Å². The standard InChI is InChI=1S/C16H22BrN5O2S/c1-10(16(2,3)23)20-14-13(17)9-19-15(22-14)21-11-6-5-7-12(8-11)25(4,18)24/h5-10,18,23H,1-4H3,(H2,19,20,21,22)/t10-,25?/m1/s1. The van der Waals surface area contributed by atoms with Crippen molar-refractivity contribution in [2.75, 3.05) is 16.9 Å². The van der Waals surface area contributed by atoms with Crippen molar-refractivity contribution in [2.24, 2.45) is 0 Å². The Morgan fingerprint density at radius 2 is 2.08 bits per heavy atom. The minimum Gasteiger partial charge on any atom is -0.388 e. The first-order valence-electron chi connectivity index (χ1n) is 7.59. The maximum atomic E-state index is 11.9. The minimum atomic E-state index is -2.79. The number of nitrogens with one attached hydrogen (secondary N) is 3. The quantitative estimate of drug-likeness (QED) is 0.560. The van der Waals surface area contributed by atoms with Gasteiger partial charge >= 0.3 is 0 Å². The summed E-state index contributed by atoms with van der Waals surface area (Å²) in [6, 6.07) is 6.58. The van der Waals surface area contributed by atoms with Gasteiger partial charge in [0.2, 0.25) is 5.95 Å². The normalized spacial score (nSPS) is 15.3. The fourth-order valence-electron chi connectivity index (χ4n) is 1.86. The molecule has 1 unspecified atom stereocenters. The SMILES string of the molecule is C[C@@H](Nc1nc(Nc2cccc(S(C)(=N)=O)c2)ncc1Br)C(C)(C)O. The number of hydrogen-bond donors (Lipinski definition) is 4. The van der Waals surface area contributed by atoms with Gasteiger partial charge in [-0.3, -0.25) is 0 Å². The number of rotatable bonds is 6. The van der Waals surface area contributed by atoms with Gasteiger partial charge in [0.1, 0.15) is 5.82 Å². The van der Waals surface area contributed by atoms with Gasteiger partial charge in [0.15, 0.2) is 0 Å². The Labute approximate surface area is 156 Å². The maximum absolute atomic E-state index is 11.9. The fraction of sp³-hybridized carbons (Fsp3) is 0.375. The molecule has 0 spiro atoms. The molecule has 2 atom stereocenters. The summed E-state index contributed by atoms with van der Waals surface area (Å²) in [5.41, 5.74) is -0.273. The molecule has 1 aromatic heterocycles. The Hall–Kier alpha value is -1.71. The zero-order valence-corrected chi connectivity index (χ0v) is 16.9. The first-order valence-corrected chi connectivity index (χ1v) is 10.3. The van der Waals surface area contributed by atoms with Crippen LogP contribution in [0, 0.1) is 4.78 Å². The number of hydrogen-bond acceptors (Lipinski definition) is 7. The van der Waals surface area contributed by atoms with Crippen molar-refractivity contribution >= 4 is 43.1 Å². The third-order valence-corrected chi connectivity index (χ3v) is 5.43. The van der Waals surface area contributed by atoms with Crippen molar-refractivity contribution < 1.29 is 9.32 Å². The average molecular weight is 428 g/mol. The third kappa shape index (κ3) is 5.38. The third-order valence-electron chi connectivity index (χ3n) is 3.70. The summed E-state index contributed by atoms with van der Waals surface area (Å²) >= 11 is 3.39. The molecule has 0 saturated carbocycles. The number of halogens is 1. The highest BCUT2D eigenvalue weighted by Crippen LogP contribution is 2.25. The molecule has 2 aromatic rings. The molecule has 0 saturated heterocycles. The van der Waals surface area contributed by atoms with Crippen molar-refractivity contribution in [3.8, 4) is 0 Å². The van der Waals surface area contributed by atoms with Crippen molar-refractivity contribution in [1.29, 1.82) is 4.78 Å². The number of aliphatic hydroxyl groups is 1. The second kappa shape index (κ2) is 7.27. The van der Waals surface area contributed by atoms with E-state index in [0.29, 0.717) is 26.8 Å². The van der Waals surface area contributed by atoms with Gasteiger partial charge in [-0.15, -0.1) is 0 Å². The van der Waals surface area contributed by atoms with Crippen LogP contribution in [-0.4, -0.2) is 37.2 Å². The smallest absolute Gasteiger partial charge is 0.229 e. The fourth-order valence-corrected chi connectivity index (χ4v) is 2.85. The highest BCUT2D eigenvalue weighted by atomic mass is 79.9. The minimum absolute atomic E-state index is 0.233. The number of aromatic nitrogens is 2. The highest BCUT2D eigenvalue weighted by Gasteiger charge is 2.23. The van der Waals surface area contributed by atoms with Crippen molar-refractivity contribution in [3.05, 3.63) is 34.9 Å². The van der Waals surface area contributed by atoms with Gasteiger partial charge < -0.3 is 15.7 Å². The molecular weight excluding hydrogens is 406 g/mol.